The summed E-state index contributed by atoms with van der Waals surface area (Å²) in [4.78, 5) is 28.6. The number of aromatic amines is 1. The van der Waals surface area contributed by atoms with Crippen LogP contribution in [0, 0.1) is 0 Å². The molecular weight excluding hydrogens is 300 g/mol. The first-order valence-corrected chi connectivity index (χ1v) is 6.38. The molecule has 2 heterocycles. The van der Waals surface area contributed by atoms with Crippen molar-refractivity contribution in [3.8, 4) is 17.2 Å². The molecule has 0 fully saturated rings. The average Bonchev–Trinajstić information content (AvgIpc) is 2.45. The van der Waals surface area contributed by atoms with Crippen LogP contribution < -0.4 is 16.0 Å². The van der Waals surface area contributed by atoms with Crippen molar-refractivity contribution in [2.45, 2.75) is 0 Å². The van der Waals surface area contributed by atoms with Crippen molar-refractivity contribution in [3.05, 3.63) is 44.1 Å². The zero-order chi connectivity index (χ0) is 15.0. The molecule has 0 amide bonds. The van der Waals surface area contributed by atoms with Gasteiger partial charge in [0.2, 0.25) is 5.89 Å². The molecule has 0 bridgehead atoms. The summed E-state index contributed by atoms with van der Waals surface area (Å²) < 4.78 is 10.7. The highest BCUT2D eigenvalue weighted by Crippen LogP contribution is 2.35. The number of nitrogens with one attached hydrogen (secondary N) is 1. The molecule has 2 N–H and O–H groups in total. The molecule has 0 saturated heterocycles. The number of fused-ring (bicyclic) bond motifs is 2. The van der Waals surface area contributed by atoms with Gasteiger partial charge in [-0.15, -0.1) is 0 Å². The number of aliphatic hydroxyl groups excluding tert-OH is 1. The van der Waals surface area contributed by atoms with Gasteiger partial charge >= 0.3 is 5.69 Å². The smallest absolute Gasteiger partial charge is 0.351 e. The number of benzene rings is 1. The SMILES string of the molecule is O=c1nc2oc3c(Cl)c(OCCO)ccc3cc-2c(=O)[nH]1. The molecule has 0 unspecified atom stereocenters. The van der Waals surface area contributed by atoms with Gasteiger partial charge in [0.25, 0.3) is 5.56 Å². The Kier molecular flexibility index (Phi) is 3.36. The van der Waals surface area contributed by atoms with Gasteiger partial charge < -0.3 is 14.3 Å². The average molecular weight is 309 g/mol. The molecule has 3 rings (SSSR count). The maximum atomic E-state index is 11.7. The standard InChI is InChI=1S/C13H9ClN2O5/c14-9-8(20-4-3-17)2-1-6-5-7-11(18)15-13(19)16-12(7)21-10(6)9/h1-2,5,17H,3-4H2,(H,15,18,19). The minimum atomic E-state index is -0.792. The van der Waals surface area contributed by atoms with Gasteiger partial charge in [-0.1, -0.05) is 11.6 Å². The van der Waals surface area contributed by atoms with E-state index in [0.717, 1.165) is 0 Å². The first-order chi connectivity index (χ1) is 10.1. The van der Waals surface area contributed by atoms with Crippen LogP contribution in [-0.4, -0.2) is 28.3 Å². The van der Waals surface area contributed by atoms with Crippen LogP contribution in [0.3, 0.4) is 0 Å². The van der Waals surface area contributed by atoms with Crippen LogP contribution in [0.2, 0.25) is 5.02 Å². The Balaban J connectivity index is 2.29. The molecular formula is C13H9ClN2O5. The van der Waals surface area contributed by atoms with Crippen molar-refractivity contribution in [1.29, 1.82) is 0 Å². The number of H-pyrrole nitrogens is 1. The van der Waals surface area contributed by atoms with Crippen molar-refractivity contribution in [2.75, 3.05) is 13.2 Å². The van der Waals surface area contributed by atoms with E-state index in [0.29, 0.717) is 11.1 Å². The van der Waals surface area contributed by atoms with Gasteiger partial charge in [0.15, 0.2) is 5.58 Å². The number of hydrogen-bond acceptors (Lipinski definition) is 6. The van der Waals surface area contributed by atoms with E-state index in [-0.39, 0.29) is 35.3 Å². The summed E-state index contributed by atoms with van der Waals surface area (Å²) in [5.74, 6) is 0.228. The summed E-state index contributed by atoms with van der Waals surface area (Å²) in [6.45, 7) is -0.0683. The van der Waals surface area contributed by atoms with Gasteiger partial charge in [-0.05, 0) is 18.2 Å². The predicted octanol–water partition coefficient (Wildman–Crippen LogP) is 1.01. The minimum absolute atomic E-state index is 0.0848. The summed E-state index contributed by atoms with van der Waals surface area (Å²) in [7, 11) is 0. The minimum Gasteiger partial charge on any atom is -0.489 e. The van der Waals surface area contributed by atoms with Gasteiger partial charge in [-0.2, -0.15) is 4.98 Å². The van der Waals surface area contributed by atoms with E-state index >= 15 is 0 Å². The predicted molar refractivity (Wildman–Crippen MR) is 75.1 cm³/mol. The van der Waals surface area contributed by atoms with Crippen LogP contribution in [0.1, 0.15) is 0 Å². The molecule has 1 aromatic carbocycles. The van der Waals surface area contributed by atoms with Crippen molar-refractivity contribution in [3.63, 3.8) is 0 Å². The first-order valence-electron chi connectivity index (χ1n) is 6.00. The second-order valence-corrected chi connectivity index (χ2v) is 4.58. The number of aliphatic hydroxyl groups is 1. The number of halogens is 1. The normalized spacial score (nSPS) is 11.1. The number of ether oxygens (including phenoxy) is 1. The lowest BCUT2D eigenvalue weighted by Gasteiger charge is -2.10. The third-order valence-electron chi connectivity index (χ3n) is 2.84. The molecule has 8 heteroatoms. The van der Waals surface area contributed by atoms with Gasteiger partial charge in [0, 0.05) is 5.39 Å². The van der Waals surface area contributed by atoms with Crippen molar-refractivity contribution in [1.82, 2.24) is 9.97 Å². The lowest BCUT2D eigenvalue weighted by molar-refractivity contribution is 0.201. The fourth-order valence-corrected chi connectivity index (χ4v) is 2.20. The second kappa shape index (κ2) is 5.19. The molecule has 0 aromatic heterocycles. The Morgan fingerprint density at radius 2 is 2.19 bits per heavy atom. The van der Waals surface area contributed by atoms with E-state index in [2.05, 4.69) is 9.97 Å². The van der Waals surface area contributed by atoms with Crippen molar-refractivity contribution >= 4 is 22.6 Å². The van der Waals surface area contributed by atoms with Crippen LogP contribution in [0.4, 0.5) is 0 Å². The Morgan fingerprint density at radius 3 is 2.95 bits per heavy atom. The maximum Gasteiger partial charge on any atom is 0.351 e. The van der Waals surface area contributed by atoms with Crippen LogP contribution >= 0.6 is 11.6 Å². The van der Waals surface area contributed by atoms with Crippen LogP contribution in [0.25, 0.3) is 22.4 Å². The Hall–Kier alpha value is -2.38. The van der Waals surface area contributed by atoms with E-state index in [9.17, 15) is 9.59 Å². The molecule has 0 atom stereocenters. The largest absolute Gasteiger partial charge is 0.489 e. The highest BCUT2D eigenvalue weighted by molar-refractivity contribution is 6.36. The molecule has 21 heavy (non-hydrogen) atoms. The molecule has 2 aliphatic rings. The summed E-state index contributed by atoms with van der Waals surface area (Å²) in [5.41, 5.74) is -0.967. The highest BCUT2D eigenvalue weighted by Gasteiger charge is 2.17. The van der Waals surface area contributed by atoms with Gasteiger partial charge in [-0.3, -0.25) is 9.78 Å². The summed E-state index contributed by atoms with van der Waals surface area (Å²) >= 11 is 6.17. The molecule has 0 spiro atoms. The summed E-state index contributed by atoms with van der Waals surface area (Å²) in [6.07, 6.45) is 0. The Morgan fingerprint density at radius 1 is 1.38 bits per heavy atom. The van der Waals surface area contributed by atoms with Crippen LogP contribution in [0.5, 0.6) is 5.75 Å². The van der Waals surface area contributed by atoms with Crippen LogP contribution in [-0.2, 0) is 0 Å². The van der Waals surface area contributed by atoms with Gasteiger partial charge in [0.05, 0.1) is 6.61 Å². The third-order valence-corrected chi connectivity index (χ3v) is 3.20. The van der Waals surface area contributed by atoms with Gasteiger partial charge in [-0.25, -0.2) is 4.79 Å². The lowest BCUT2D eigenvalue weighted by Crippen LogP contribution is -2.24. The van der Waals surface area contributed by atoms with E-state index in [1.807, 2.05) is 0 Å². The van der Waals surface area contributed by atoms with E-state index < -0.39 is 11.2 Å². The van der Waals surface area contributed by atoms with E-state index in [1.54, 1.807) is 12.1 Å². The Bertz CT molecular complexity index is 901. The topological polar surface area (TPSA) is 105 Å². The summed E-state index contributed by atoms with van der Waals surface area (Å²) in [5, 5.41) is 9.50. The number of hydrogen-bond donors (Lipinski definition) is 2. The quantitative estimate of drug-likeness (QED) is 0.699. The molecule has 0 radical (unpaired) electrons. The molecule has 1 aromatic rings. The molecule has 108 valence electrons. The number of aromatic nitrogens is 2. The second-order valence-electron chi connectivity index (χ2n) is 4.20. The monoisotopic (exact) mass is 308 g/mol. The highest BCUT2D eigenvalue weighted by atomic mass is 35.5. The first kappa shape index (κ1) is 13.6. The molecule has 7 nitrogen and oxygen atoms in total. The molecule has 0 aliphatic carbocycles. The van der Waals surface area contributed by atoms with Gasteiger partial charge in [0.1, 0.15) is 22.9 Å². The van der Waals surface area contributed by atoms with Crippen molar-refractivity contribution < 1.29 is 14.3 Å². The lowest BCUT2D eigenvalue weighted by atomic mass is 10.1. The fourth-order valence-electron chi connectivity index (χ4n) is 1.94. The summed E-state index contributed by atoms with van der Waals surface area (Å²) in [6, 6.07) is 4.79. The molecule has 0 saturated carbocycles. The number of rotatable bonds is 3. The third kappa shape index (κ3) is 2.37. The van der Waals surface area contributed by atoms with E-state index in [4.69, 9.17) is 25.9 Å². The van der Waals surface area contributed by atoms with Crippen molar-refractivity contribution in [2.24, 2.45) is 0 Å². The fraction of sp³-hybridized carbons (Fsp3) is 0.154. The maximum absolute atomic E-state index is 11.7. The number of nitrogens with zero attached hydrogens (tertiary/aromatic N) is 1. The zero-order valence-electron chi connectivity index (χ0n) is 10.6. The Labute approximate surface area is 122 Å². The van der Waals surface area contributed by atoms with E-state index in [1.165, 1.54) is 6.07 Å². The zero-order valence-corrected chi connectivity index (χ0v) is 11.3. The van der Waals surface area contributed by atoms with Crippen LogP contribution in [0.15, 0.2) is 32.2 Å². The molecule has 2 aliphatic heterocycles.